The van der Waals surface area contributed by atoms with E-state index in [1.54, 1.807) is 0 Å². The Morgan fingerprint density at radius 2 is 1.74 bits per heavy atom. The number of rotatable bonds is 2. The molecule has 1 aromatic rings. The van der Waals surface area contributed by atoms with Gasteiger partial charge in [0.15, 0.2) is 0 Å². The molecule has 1 aromatic carbocycles. The number of hydrogen-bond acceptors (Lipinski definition) is 1. The number of carbonyl (C=O) groups is 1. The molecule has 0 saturated heterocycles. The molecular weight excluding hydrogens is 302 g/mol. The Kier molecular flexibility index (Phi) is 4.83. The molecule has 1 amide bonds. The number of amides is 1. The van der Waals surface area contributed by atoms with Gasteiger partial charge < -0.3 is 5.32 Å². The molecule has 1 rings (SSSR count). The van der Waals surface area contributed by atoms with Crippen LogP contribution in [0.4, 0.5) is 5.69 Å². The van der Waals surface area contributed by atoms with Crippen molar-refractivity contribution < 1.29 is 4.79 Å². The van der Waals surface area contributed by atoms with Gasteiger partial charge in [0.25, 0.3) is 0 Å². The van der Waals surface area contributed by atoms with Crippen LogP contribution in [0.5, 0.6) is 0 Å². The van der Waals surface area contributed by atoms with Gasteiger partial charge in [-0.2, -0.15) is 0 Å². The molecule has 106 valence electrons. The van der Waals surface area contributed by atoms with Gasteiger partial charge in [-0.05, 0) is 44.5 Å². The van der Waals surface area contributed by atoms with E-state index >= 15 is 0 Å². The third kappa shape index (κ3) is 5.35. The summed E-state index contributed by atoms with van der Waals surface area (Å²) in [6, 6.07) is 6.11. The van der Waals surface area contributed by atoms with Crippen LogP contribution in [0.15, 0.2) is 22.7 Å². The molecule has 0 atom stereocenters. The highest BCUT2D eigenvalue weighted by Crippen LogP contribution is 2.30. The van der Waals surface area contributed by atoms with Crippen molar-refractivity contribution in [3.05, 3.63) is 28.2 Å². The summed E-state index contributed by atoms with van der Waals surface area (Å²) in [6.07, 6.45) is 0.514. The van der Waals surface area contributed by atoms with Crippen LogP contribution in [0.1, 0.15) is 53.5 Å². The van der Waals surface area contributed by atoms with E-state index in [4.69, 9.17) is 0 Å². The van der Waals surface area contributed by atoms with Crippen molar-refractivity contribution in [1.29, 1.82) is 0 Å². The first kappa shape index (κ1) is 16.2. The van der Waals surface area contributed by atoms with Crippen LogP contribution in [0.2, 0.25) is 0 Å². The standard InChI is InChI=1S/C16H24BrNO/c1-15(2,3)10-14(19)18-13-8-7-11(9-12(13)17)16(4,5)6/h7-9H,10H2,1-6H3,(H,18,19). The lowest BCUT2D eigenvalue weighted by molar-refractivity contribution is -0.117. The van der Waals surface area contributed by atoms with Gasteiger partial charge in [-0.1, -0.05) is 47.6 Å². The highest BCUT2D eigenvalue weighted by molar-refractivity contribution is 9.10. The molecule has 0 saturated carbocycles. The lowest BCUT2D eigenvalue weighted by Crippen LogP contribution is -2.20. The van der Waals surface area contributed by atoms with Crippen LogP contribution in [0.3, 0.4) is 0 Å². The topological polar surface area (TPSA) is 29.1 Å². The Bertz CT molecular complexity index is 467. The molecule has 3 heteroatoms. The van der Waals surface area contributed by atoms with Gasteiger partial charge >= 0.3 is 0 Å². The largest absolute Gasteiger partial charge is 0.325 e. The van der Waals surface area contributed by atoms with E-state index in [1.807, 2.05) is 6.07 Å². The van der Waals surface area contributed by atoms with Gasteiger partial charge in [0.1, 0.15) is 0 Å². The average Bonchev–Trinajstić information content (AvgIpc) is 2.16. The minimum absolute atomic E-state index is 0.00189. The number of anilines is 1. The van der Waals surface area contributed by atoms with Crippen LogP contribution in [0, 0.1) is 5.41 Å². The molecule has 0 spiro atoms. The van der Waals surface area contributed by atoms with Crippen LogP contribution in [0.25, 0.3) is 0 Å². The van der Waals surface area contributed by atoms with E-state index in [9.17, 15) is 4.79 Å². The van der Waals surface area contributed by atoms with E-state index in [0.29, 0.717) is 6.42 Å². The van der Waals surface area contributed by atoms with E-state index < -0.39 is 0 Å². The fourth-order valence-electron chi connectivity index (χ4n) is 1.76. The zero-order chi connectivity index (χ0) is 14.8. The Labute approximate surface area is 125 Å². The van der Waals surface area contributed by atoms with E-state index in [2.05, 4.69) is 74.9 Å². The second-order valence-electron chi connectivity index (χ2n) is 7.23. The lowest BCUT2D eigenvalue weighted by atomic mass is 9.87. The first-order valence-corrected chi connectivity index (χ1v) is 7.38. The third-order valence-corrected chi connectivity index (χ3v) is 3.46. The van der Waals surface area contributed by atoms with Gasteiger partial charge in [-0.15, -0.1) is 0 Å². The zero-order valence-corrected chi connectivity index (χ0v) is 14.3. The molecule has 1 N–H and O–H groups in total. The number of carbonyl (C=O) groups excluding carboxylic acids is 1. The van der Waals surface area contributed by atoms with Crippen molar-refractivity contribution in [1.82, 2.24) is 0 Å². The monoisotopic (exact) mass is 325 g/mol. The summed E-state index contributed by atoms with van der Waals surface area (Å²) in [5, 5.41) is 2.96. The first-order valence-electron chi connectivity index (χ1n) is 6.59. The normalized spacial score (nSPS) is 12.4. The van der Waals surface area contributed by atoms with Crippen molar-refractivity contribution in [3.63, 3.8) is 0 Å². The molecule has 0 aliphatic heterocycles. The summed E-state index contributed by atoms with van der Waals surface area (Å²) in [4.78, 5) is 11.9. The highest BCUT2D eigenvalue weighted by atomic mass is 79.9. The fourth-order valence-corrected chi connectivity index (χ4v) is 2.24. The summed E-state index contributed by atoms with van der Waals surface area (Å²) < 4.78 is 0.933. The van der Waals surface area contributed by atoms with Gasteiger partial charge in [-0.3, -0.25) is 4.79 Å². The van der Waals surface area contributed by atoms with E-state index in [-0.39, 0.29) is 16.7 Å². The second-order valence-corrected chi connectivity index (χ2v) is 8.08. The van der Waals surface area contributed by atoms with Gasteiger partial charge in [-0.25, -0.2) is 0 Å². The SMILES string of the molecule is CC(C)(C)CC(=O)Nc1ccc(C(C)(C)C)cc1Br. The number of benzene rings is 1. The van der Waals surface area contributed by atoms with Gasteiger partial charge in [0.05, 0.1) is 5.69 Å². The smallest absolute Gasteiger partial charge is 0.224 e. The van der Waals surface area contributed by atoms with Gasteiger partial charge in [0, 0.05) is 10.9 Å². The highest BCUT2D eigenvalue weighted by Gasteiger charge is 2.18. The molecule has 19 heavy (non-hydrogen) atoms. The van der Waals surface area contributed by atoms with Crippen LogP contribution < -0.4 is 5.32 Å². The molecule has 0 unspecified atom stereocenters. The Morgan fingerprint density at radius 3 is 2.16 bits per heavy atom. The Hall–Kier alpha value is -0.830. The zero-order valence-electron chi connectivity index (χ0n) is 12.7. The number of halogens is 1. The summed E-state index contributed by atoms with van der Waals surface area (Å²) in [5.41, 5.74) is 2.19. The minimum Gasteiger partial charge on any atom is -0.325 e. The first-order chi connectivity index (χ1) is 8.49. The summed E-state index contributed by atoms with van der Waals surface area (Å²) >= 11 is 3.53. The molecule has 0 fully saturated rings. The summed E-state index contributed by atoms with van der Waals surface area (Å²) in [5.74, 6) is 0.0525. The fraction of sp³-hybridized carbons (Fsp3) is 0.562. The summed E-state index contributed by atoms with van der Waals surface area (Å²) in [7, 11) is 0. The third-order valence-electron chi connectivity index (χ3n) is 2.80. The molecule has 0 aromatic heterocycles. The van der Waals surface area contributed by atoms with Crippen LogP contribution in [-0.4, -0.2) is 5.91 Å². The van der Waals surface area contributed by atoms with E-state index in [0.717, 1.165) is 10.2 Å². The maximum Gasteiger partial charge on any atom is 0.224 e. The quantitative estimate of drug-likeness (QED) is 0.803. The van der Waals surface area contributed by atoms with Crippen molar-refractivity contribution in [2.75, 3.05) is 5.32 Å². The molecule has 2 nitrogen and oxygen atoms in total. The van der Waals surface area contributed by atoms with Crippen molar-refractivity contribution in [2.24, 2.45) is 5.41 Å². The predicted molar refractivity (Wildman–Crippen MR) is 85.5 cm³/mol. The van der Waals surface area contributed by atoms with Gasteiger partial charge in [0.2, 0.25) is 5.91 Å². The maximum absolute atomic E-state index is 11.9. The van der Waals surface area contributed by atoms with Crippen molar-refractivity contribution in [2.45, 2.75) is 53.4 Å². The molecular formula is C16H24BrNO. The molecule has 0 heterocycles. The lowest BCUT2D eigenvalue weighted by Gasteiger charge is -2.21. The Balaban J connectivity index is 2.84. The van der Waals surface area contributed by atoms with Crippen LogP contribution in [-0.2, 0) is 10.2 Å². The molecule has 0 bridgehead atoms. The maximum atomic E-state index is 11.9. The molecule has 0 radical (unpaired) electrons. The van der Waals surface area contributed by atoms with E-state index in [1.165, 1.54) is 5.56 Å². The van der Waals surface area contributed by atoms with Crippen molar-refractivity contribution >= 4 is 27.5 Å². The predicted octanol–water partition coefficient (Wildman–Crippen LogP) is 5.12. The molecule has 0 aliphatic carbocycles. The summed E-state index contributed by atoms with van der Waals surface area (Å²) in [6.45, 7) is 12.7. The minimum atomic E-state index is 0.00189. The average molecular weight is 326 g/mol. The second kappa shape index (κ2) is 5.66. The van der Waals surface area contributed by atoms with Crippen LogP contribution >= 0.6 is 15.9 Å². The number of hydrogen-bond donors (Lipinski definition) is 1. The van der Waals surface area contributed by atoms with Crippen molar-refractivity contribution in [3.8, 4) is 0 Å². The number of nitrogens with one attached hydrogen (secondary N) is 1. The molecule has 0 aliphatic rings. The Morgan fingerprint density at radius 1 is 1.16 bits per heavy atom.